The predicted octanol–water partition coefficient (Wildman–Crippen LogP) is -3.18. The first kappa shape index (κ1) is 6.87. The van der Waals surface area contributed by atoms with Crippen LogP contribution in [0.5, 0.6) is 0 Å². The molecule has 0 fully saturated rings. The molecule has 0 aromatic carbocycles. The van der Waals surface area contributed by atoms with E-state index >= 15 is 0 Å². The number of hydrogen-bond donors (Lipinski definition) is 0. The monoisotopic (exact) mass is 120 g/mol. The number of hydrogen-bond acceptors (Lipinski definition) is 4. The van der Waals surface area contributed by atoms with Crippen LogP contribution < -0.4 is 10.2 Å². The second kappa shape index (κ2) is 2.25. The highest BCUT2D eigenvalue weighted by molar-refractivity contribution is 5.93. The number of carboxylic acids is 2. The number of carbonyl (C=O) groups excluding carboxylic acids is 2. The molecule has 0 aromatic heterocycles. The van der Waals surface area contributed by atoms with Gasteiger partial charge in [0.05, 0.1) is 11.9 Å². The van der Waals surface area contributed by atoms with Crippen LogP contribution in [0, 0.1) is 0 Å². The van der Waals surface area contributed by atoms with Crippen molar-refractivity contribution in [2.45, 2.75) is 6.17 Å². The maximum absolute atomic E-state index is 11.3. The Balaban J connectivity index is 3.83. The summed E-state index contributed by atoms with van der Waals surface area (Å²) < 4.78 is 11.3. The molecule has 0 rings (SSSR count). The van der Waals surface area contributed by atoms with Crippen LogP contribution in [0.4, 0.5) is 4.39 Å². The molecule has 0 radical (unpaired) electrons. The van der Waals surface area contributed by atoms with E-state index in [4.69, 9.17) is 0 Å². The third-order valence-corrected chi connectivity index (χ3v) is 0.414. The standard InChI is InChI=1S/C3H3FO4/c4-1(2(5)6)3(7)8/h1H,(H,5,6)(H,7,8)/p-2. The number of alkyl halides is 1. The highest BCUT2D eigenvalue weighted by atomic mass is 19.1. The average Bonchev–Trinajstić information content (AvgIpc) is 1.64. The van der Waals surface area contributed by atoms with Crippen LogP contribution in [-0.2, 0) is 9.59 Å². The molecular formula is C3HFO4-2. The lowest BCUT2D eigenvalue weighted by Gasteiger charge is -2.07. The maximum Gasteiger partial charge on any atom is 0.179 e. The molecule has 46 valence electrons. The molecule has 5 heteroatoms. The molecule has 8 heavy (non-hydrogen) atoms. The number of rotatable bonds is 2. The second-order valence-electron chi connectivity index (χ2n) is 1.00. The Morgan fingerprint density at radius 2 is 1.50 bits per heavy atom. The average molecular weight is 120 g/mol. The molecule has 0 aliphatic rings. The van der Waals surface area contributed by atoms with Gasteiger partial charge in [-0.25, -0.2) is 4.39 Å². The minimum absolute atomic E-state index is 2.29. The van der Waals surface area contributed by atoms with Crippen molar-refractivity contribution in [3.05, 3.63) is 0 Å². The van der Waals surface area contributed by atoms with E-state index < -0.39 is 18.1 Å². The summed E-state index contributed by atoms with van der Waals surface area (Å²) in [6.45, 7) is 0. The molecule has 0 saturated carbocycles. The van der Waals surface area contributed by atoms with Crippen LogP contribution >= 0.6 is 0 Å². The molecule has 0 aliphatic carbocycles. The third-order valence-electron chi connectivity index (χ3n) is 0.414. The predicted molar refractivity (Wildman–Crippen MR) is 14.9 cm³/mol. The van der Waals surface area contributed by atoms with E-state index in [1.807, 2.05) is 0 Å². The molecule has 0 heterocycles. The SMILES string of the molecule is O=C([O-])C(F)C(=O)[O-]. The lowest BCUT2D eigenvalue weighted by Crippen LogP contribution is -2.44. The van der Waals surface area contributed by atoms with Crippen molar-refractivity contribution in [3.63, 3.8) is 0 Å². The van der Waals surface area contributed by atoms with Gasteiger partial charge >= 0.3 is 0 Å². The van der Waals surface area contributed by atoms with Crippen molar-refractivity contribution in [2.75, 3.05) is 0 Å². The number of carbonyl (C=O) groups is 2. The number of aliphatic carboxylic acids is 2. The van der Waals surface area contributed by atoms with Gasteiger partial charge in [0.1, 0.15) is 0 Å². The van der Waals surface area contributed by atoms with E-state index in [9.17, 15) is 24.2 Å². The topological polar surface area (TPSA) is 80.3 Å². The van der Waals surface area contributed by atoms with Crippen molar-refractivity contribution in [1.82, 2.24) is 0 Å². The van der Waals surface area contributed by atoms with Gasteiger partial charge in [0, 0.05) is 0 Å². The van der Waals surface area contributed by atoms with Gasteiger partial charge in [-0.05, 0) is 0 Å². The number of carboxylic acid groups (broad SMARTS) is 2. The second-order valence-corrected chi connectivity index (χ2v) is 1.00. The fraction of sp³-hybridized carbons (Fsp3) is 0.333. The summed E-state index contributed by atoms with van der Waals surface area (Å²) >= 11 is 0. The first-order valence-corrected chi connectivity index (χ1v) is 1.61. The first-order chi connectivity index (χ1) is 3.55. The van der Waals surface area contributed by atoms with Crippen molar-refractivity contribution in [1.29, 1.82) is 0 Å². The highest BCUT2D eigenvalue weighted by Crippen LogP contribution is 1.82. The Bertz CT molecular complexity index is 106. The van der Waals surface area contributed by atoms with E-state index in [-0.39, 0.29) is 0 Å². The van der Waals surface area contributed by atoms with E-state index in [1.165, 1.54) is 0 Å². The summed E-state index contributed by atoms with van der Waals surface area (Å²) in [6, 6.07) is 0. The highest BCUT2D eigenvalue weighted by Gasteiger charge is 2.05. The van der Waals surface area contributed by atoms with Gasteiger partial charge in [0.15, 0.2) is 6.17 Å². The first-order valence-electron chi connectivity index (χ1n) is 1.61. The summed E-state index contributed by atoms with van der Waals surface area (Å²) in [7, 11) is 0. The van der Waals surface area contributed by atoms with Crippen LogP contribution in [0.2, 0.25) is 0 Å². The summed E-state index contributed by atoms with van der Waals surface area (Å²) in [5, 5.41) is 18.5. The van der Waals surface area contributed by atoms with Crippen LogP contribution in [0.3, 0.4) is 0 Å². The Morgan fingerprint density at radius 1 is 1.25 bits per heavy atom. The van der Waals surface area contributed by atoms with Crippen molar-refractivity contribution < 1.29 is 24.2 Å². The van der Waals surface area contributed by atoms with Gasteiger partial charge in [-0.15, -0.1) is 0 Å². The van der Waals surface area contributed by atoms with Gasteiger partial charge in [-0.1, -0.05) is 0 Å². The van der Waals surface area contributed by atoms with Gasteiger partial charge < -0.3 is 19.8 Å². The Labute approximate surface area is 43.5 Å². The Morgan fingerprint density at radius 3 is 1.50 bits per heavy atom. The largest absolute Gasteiger partial charge is 0.547 e. The minimum atomic E-state index is -3.02. The molecule has 0 spiro atoms. The van der Waals surface area contributed by atoms with Crippen LogP contribution in [0.25, 0.3) is 0 Å². The number of halogens is 1. The zero-order chi connectivity index (χ0) is 6.73. The van der Waals surface area contributed by atoms with Crippen LogP contribution in [0.1, 0.15) is 0 Å². The zero-order valence-electron chi connectivity index (χ0n) is 3.59. The quantitative estimate of drug-likeness (QED) is 0.360. The normalized spacial score (nSPS) is 9.25. The molecular weight excluding hydrogens is 119 g/mol. The molecule has 0 atom stereocenters. The van der Waals surface area contributed by atoms with E-state index in [0.717, 1.165) is 0 Å². The lowest BCUT2D eigenvalue weighted by molar-refractivity contribution is -0.331. The summed E-state index contributed by atoms with van der Waals surface area (Å²) in [5.41, 5.74) is 0. The van der Waals surface area contributed by atoms with Crippen molar-refractivity contribution in [2.24, 2.45) is 0 Å². The van der Waals surface area contributed by atoms with E-state index in [1.54, 1.807) is 0 Å². The zero-order valence-corrected chi connectivity index (χ0v) is 3.59. The van der Waals surface area contributed by atoms with Crippen LogP contribution in [0.15, 0.2) is 0 Å². The smallest absolute Gasteiger partial charge is 0.179 e. The third kappa shape index (κ3) is 1.55. The molecule has 0 saturated heterocycles. The Kier molecular flexibility index (Phi) is 1.93. The summed E-state index contributed by atoms with van der Waals surface area (Å²) in [5.74, 6) is -4.57. The lowest BCUT2D eigenvalue weighted by atomic mass is 10.4. The van der Waals surface area contributed by atoms with Gasteiger partial charge in [0.25, 0.3) is 0 Å². The molecule has 0 aliphatic heterocycles. The van der Waals surface area contributed by atoms with Gasteiger partial charge in [-0.3, -0.25) is 0 Å². The molecule has 0 unspecified atom stereocenters. The van der Waals surface area contributed by atoms with Crippen molar-refractivity contribution >= 4 is 11.9 Å². The molecule has 0 amide bonds. The Hall–Kier alpha value is -1.13. The summed E-state index contributed by atoms with van der Waals surface area (Å²) in [6.07, 6.45) is -3.02. The molecule has 0 bridgehead atoms. The molecule has 4 nitrogen and oxygen atoms in total. The van der Waals surface area contributed by atoms with Gasteiger partial charge in [-0.2, -0.15) is 0 Å². The van der Waals surface area contributed by atoms with E-state index in [0.29, 0.717) is 0 Å². The molecule has 0 N–H and O–H groups in total. The van der Waals surface area contributed by atoms with E-state index in [2.05, 4.69) is 0 Å². The van der Waals surface area contributed by atoms with Crippen molar-refractivity contribution in [3.8, 4) is 0 Å². The minimum Gasteiger partial charge on any atom is -0.547 e. The van der Waals surface area contributed by atoms with Gasteiger partial charge in [0.2, 0.25) is 0 Å². The molecule has 0 aromatic rings. The fourth-order valence-corrected chi connectivity index (χ4v) is 0.0962. The summed E-state index contributed by atoms with van der Waals surface area (Å²) in [4.78, 5) is 18.5. The van der Waals surface area contributed by atoms with Crippen LogP contribution in [-0.4, -0.2) is 18.1 Å². The fourth-order valence-electron chi connectivity index (χ4n) is 0.0962. The maximum atomic E-state index is 11.3.